The molecule has 2 heteroatoms. The molecule has 0 amide bonds. The largest absolute Gasteiger partial charge is 0.349 e. The van der Waals surface area contributed by atoms with Crippen molar-refractivity contribution in [2.24, 2.45) is 10.8 Å². The first-order valence-corrected chi connectivity index (χ1v) is 5.49. The summed E-state index contributed by atoms with van der Waals surface area (Å²) in [6, 6.07) is 0. The summed E-state index contributed by atoms with van der Waals surface area (Å²) in [4.78, 5) is 0. The maximum atomic E-state index is 5.97. The van der Waals surface area contributed by atoms with E-state index in [1.54, 1.807) is 0 Å². The van der Waals surface area contributed by atoms with Crippen LogP contribution in [0.3, 0.4) is 0 Å². The Morgan fingerprint density at radius 2 is 1.14 bits per heavy atom. The molecule has 0 bridgehead atoms. The molecule has 0 aromatic carbocycles. The summed E-state index contributed by atoms with van der Waals surface area (Å²) in [6.45, 7) is 14.7. The van der Waals surface area contributed by atoms with E-state index in [0.717, 1.165) is 19.6 Å². The zero-order valence-electron chi connectivity index (χ0n) is 10.4. The van der Waals surface area contributed by atoms with Crippen LogP contribution >= 0.6 is 0 Å². The molecule has 0 radical (unpaired) electrons. The minimum atomic E-state index is -0.446. The molecule has 14 heavy (non-hydrogen) atoms. The van der Waals surface area contributed by atoms with E-state index >= 15 is 0 Å². The standard InChI is InChI=1S/C12H24O2/c1-10(2,3)12(11(4,5)6)13-8-7-9-14-12/h7-9H2,1-6H3. The van der Waals surface area contributed by atoms with E-state index in [4.69, 9.17) is 9.47 Å². The van der Waals surface area contributed by atoms with Crippen LogP contribution < -0.4 is 0 Å². The fraction of sp³-hybridized carbons (Fsp3) is 1.00. The molecule has 2 nitrogen and oxygen atoms in total. The highest BCUT2D eigenvalue weighted by molar-refractivity contribution is 4.95. The molecular weight excluding hydrogens is 176 g/mol. The van der Waals surface area contributed by atoms with Gasteiger partial charge in [-0.05, 0) is 6.42 Å². The lowest BCUT2D eigenvalue weighted by molar-refractivity contribution is -0.358. The maximum Gasteiger partial charge on any atom is 0.177 e. The van der Waals surface area contributed by atoms with Gasteiger partial charge >= 0.3 is 0 Å². The first kappa shape index (κ1) is 12.0. The van der Waals surface area contributed by atoms with Gasteiger partial charge in [0.15, 0.2) is 5.79 Å². The Hall–Kier alpha value is -0.0800. The van der Waals surface area contributed by atoms with Gasteiger partial charge in [-0.15, -0.1) is 0 Å². The van der Waals surface area contributed by atoms with Gasteiger partial charge in [0.1, 0.15) is 0 Å². The Morgan fingerprint density at radius 3 is 1.36 bits per heavy atom. The van der Waals surface area contributed by atoms with Gasteiger partial charge in [0.05, 0.1) is 13.2 Å². The summed E-state index contributed by atoms with van der Waals surface area (Å²) in [7, 11) is 0. The fourth-order valence-corrected chi connectivity index (χ4v) is 2.52. The van der Waals surface area contributed by atoms with E-state index in [2.05, 4.69) is 41.5 Å². The minimum absolute atomic E-state index is 0.00562. The average molecular weight is 200 g/mol. The molecule has 0 atom stereocenters. The van der Waals surface area contributed by atoms with Gasteiger partial charge < -0.3 is 9.47 Å². The summed E-state index contributed by atoms with van der Waals surface area (Å²) in [6.07, 6.45) is 1.01. The Morgan fingerprint density at radius 1 is 0.786 bits per heavy atom. The third-order valence-electron chi connectivity index (χ3n) is 2.87. The van der Waals surface area contributed by atoms with Crippen LogP contribution in [-0.4, -0.2) is 19.0 Å². The molecule has 1 aliphatic rings. The summed E-state index contributed by atoms with van der Waals surface area (Å²) < 4.78 is 11.9. The van der Waals surface area contributed by atoms with Gasteiger partial charge in [-0.3, -0.25) is 0 Å². The van der Waals surface area contributed by atoms with Gasteiger partial charge in [0.25, 0.3) is 0 Å². The molecule has 0 aromatic rings. The molecule has 0 saturated carbocycles. The lowest BCUT2D eigenvalue weighted by atomic mass is 9.70. The van der Waals surface area contributed by atoms with Crippen molar-refractivity contribution in [2.45, 2.75) is 53.8 Å². The van der Waals surface area contributed by atoms with E-state index in [9.17, 15) is 0 Å². The van der Waals surface area contributed by atoms with Crippen LogP contribution in [0.5, 0.6) is 0 Å². The Kier molecular flexibility index (Phi) is 2.99. The normalized spacial score (nSPS) is 23.6. The third-order valence-corrected chi connectivity index (χ3v) is 2.87. The van der Waals surface area contributed by atoms with Gasteiger partial charge in [0.2, 0.25) is 0 Å². The van der Waals surface area contributed by atoms with E-state index in [1.165, 1.54) is 0 Å². The first-order chi connectivity index (χ1) is 6.21. The highest BCUT2D eigenvalue weighted by Crippen LogP contribution is 2.48. The molecule has 1 heterocycles. The van der Waals surface area contributed by atoms with Crippen molar-refractivity contribution in [3.05, 3.63) is 0 Å². The van der Waals surface area contributed by atoms with E-state index in [0.29, 0.717) is 0 Å². The lowest BCUT2D eigenvalue weighted by Gasteiger charge is -2.53. The van der Waals surface area contributed by atoms with Crippen molar-refractivity contribution in [2.75, 3.05) is 13.2 Å². The second kappa shape index (κ2) is 3.49. The van der Waals surface area contributed by atoms with Crippen LogP contribution in [0, 0.1) is 10.8 Å². The molecule has 84 valence electrons. The van der Waals surface area contributed by atoms with Gasteiger partial charge in [0, 0.05) is 10.8 Å². The van der Waals surface area contributed by atoms with Crippen molar-refractivity contribution in [1.82, 2.24) is 0 Å². The summed E-state index contributed by atoms with van der Waals surface area (Å²) in [5.74, 6) is -0.446. The molecule has 1 saturated heterocycles. The average Bonchev–Trinajstić information content (AvgIpc) is 2.02. The van der Waals surface area contributed by atoms with E-state index in [-0.39, 0.29) is 10.8 Å². The zero-order chi connectivity index (χ0) is 11.0. The van der Waals surface area contributed by atoms with Gasteiger partial charge in [-0.25, -0.2) is 0 Å². The highest BCUT2D eigenvalue weighted by atomic mass is 16.7. The summed E-state index contributed by atoms with van der Waals surface area (Å²) in [5, 5.41) is 0. The predicted octanol–water partition coefficient (Wildman–Crippen LogP) is 3.21. The summed E-state index contributed by atoms with van der Waals surface area (Å²) in [5.41, 5.74) is 0.0112. The molecule has 0 unspecified atom stereocenters. The summed E-state index contributed by atoms with van der Waals surface area (Å²) >= 11 is 0. The number of hydrogen-bond donors (Lipinski definition) is 0. The molecule has 0 aliphatic carbocycles. The SMILES string of the molecule is CC(C)(C)C1(C(C)(C)C)OCCCO1. The van der Waals surface area contributed by atoms with Crippen LogP contribution in [0.4, 0.5) is 0 Å². The van der Waals surface area contributed by atoms with Crippen LogP contribution in [0.1, 0.15) is 48.0 Å². The molecule has 1 fully saturated rings. The van der Waals surface area contributed by atoms with Crippen molar-refractivity contribution in [3.63, 3.8) is 0 Å². The van der Waals surface area contributed by atoms with Crippen LogP contribution in [0.2, 0.25) is 0 Å². The van der Waals surface area contributed by atoms with Crippen molar-refractivity contribution >= 4 is 0 Å². The highest BCUT2D eigenvalue weighted by Gasteiger charge is 2.54. The second-order valence-corrected chi connectivity index (χ2v) is 6.17. The van der Waals surface area contributed by atoms with E-state index < -0.39 is 5.79 Å². The first-order valence-electron chi connectivity index (χ1n) is 5.49. The van der Waals surface area contributed by atoms with Crippen LogP contribution in [0.15, 0.2) is 0 Å². The van der Waals surface area contributed by atoms with Crippen molar-refractivity contribution in [1.29, 1.82) is 0 Å². The molecule has 0 spiro atoms. The van der Waals surface area contributed by atoms with Crippen LogP contribution in [-0.2, 0) is 9.47 Å². The molecule has 0 aromatic heterocycles. The molecule has 0 N–H and O–H groups in total. The van der Waals surface area contributed by atoms with Gasteiger partial charge in [-0.2, -0.15) is 0 Å². The maximum absolute atomic E-state index is 5.97. The Bertz CT molecular complexity index is 173. The minimum Gasteiger partial charge on any atom is -0.349 e. The van der Waals surface area contributed by atoms with Gasteiger partial charge in [-0.1, -0.05) is 41.5 Å². The molecular formula is C12H24O2. The smallest absolute Gasteiger partial charge is 0.177 e. The second-order valence-electron chi connectivity index (χ2n) is 6.17. The Labute approximate surface area is 88.0 Å². The van der Waals surface area contributed by atoms with Crippen molar-refractivity contribution < 1.29 is 9.47 Å². The number of ether oxygens (including phenoxy) is 2. The fourth-order valence-electron chi connectivity index (χ4n) is 2.52. The quantitative estimate of drug-likeness (QED) is 0.598. The van der Waals surface area contributed by atoms with Crippen LogP contribution in [0.25, 0.3) is 0 Å². The lowest BCUT2D eigenvalue weighted by Crippen LogP contribution is -2.59. The van der Waals surface area contributed by atoms with Crippen molar-refractivity contribution in [3.8, 4) is 0 Å². The third kappa shape index (κ3) is 1.82. The predicted molar refractivity (Wildman–Crippen MR) is 58.2 cm³/mol. The monoisotopic (exact) mass is 200 g/mol. The number of hydrogen-bond acceptors (Lipinski definition) is 2. The molecule has 1 rings (SSSR count). The number of rotatable bonds is 0. The van der Waals surface area contributed by atoms with E-state index in [1.807, 2.05) is 0 Å². The zero-order valence-corrected chi connectivity index (χ0v) is 10.4. The topological polar surface area (TPSA) is 18.5 Å². The molecule has 1 aliphatic heterocycles. The Balaban J connectivity index is 3.01.